The number of anilines is 1. The summed E-state index contributed by atoms with van der Waals surface area (Å²) in [6.45, 7) is 1.83. The smallest absolute Gasteiger partial charge is 0.249 e. The lowest BCUT2D eigenvalue weighted by atomic mass is 10.1. The molecular weight excluding hydrogens is 248 g/mol. The minimum atomic E-state index is -0.478. The Morgan fingerprint density at radius 2 is 2.26 bits per heavy atom. The molecule has 2 amide bonds. The molecule has 0 saturated carbocycles. The maximum absolute atomic E-state index is 11.7. The minimum absolute atomic E-state index is 0.243. The molecule has 1 aliphatic rings. The molecular formula is C11H12N6O2. The summed E-state index contributed by atoms with van der Waals surface area (Å²) in [5.74, 6) is 0.644. The fourth-order valence-electron chi connectivity index (χ4n) is 2.04. The van der Waals surface area contributed by atoms with Gasteiger partial charge in [-0.05, 0) is 13.3 Å². The zero-order valence-electron chi connectivity index (χ0n) is 10.3. The summed E-state index contributed by atoms with van der Waals surface area (Å²) in [5.41, 5.74) is 0.560. The van der Waals surface area contributed by atoms with Crippen molar-refractivity contribution in [3.8, 4) is 0 Å². The summed E-state index contributed by atoms with van der Waals surface area (Å²) in [6.07, 6.45) is 4.12. The molecule has 0 aliphatic carbocycles. The fraction of sp³-hybridized carbons (Fsp3) is 0.364. The van der Waals surface area contributed by atoms with Gasteiger partial charge in [-0.25, -0.2) is 4.98 Å². The fourth-order valence-corrected chi connectivity index (χ4v) is 2.04. The van der Waals surface area contributed by atoms with Crippen LogP contribution < -0.4 is 10.6 Å². The number of nitrogens with zero attached hydrogens (tertiary/aromatic N) is 4. The third-order valence-corrected chi connectivity index (χ3v) is 3.05. The molecule has 8 nitrogen and oxygen atoms in total. The van der Waals surface area contributed by atoms with Crippen molar-refractivity contribution >= 4 is 23.3 Å². The molecule has 3 heterocycles. The maximum atomic E-state index is 11.7. The Morgan fingerprint density at radius 1 is 1.42 bits per heavy atom. The van der Waals surface area contributed by atoms with E-state index in [0.717, 1.165) is 5.82 Å². The van der Waals surface area contributed by atoms with Crippen LogP contribution in [-0.2, 0) is 9.59 Å². The molecule has 1 aliphatic heterocycles. The summed E-state index contributed by atoms with van der Waals surface area (Å²) in [6, 6.07) is -0.478. The number of nitrogens with one attached hydrogen (secondary N) is 2. The Morgan fingerprint density at radius 3 is 3.05 bits per heavy atom. The third kappa shape index (κ3) is 2.01. The first-order chi connectivity index (χ1) is 9.15. The largest absolute Gasteiger partial charge is 0.355 e. The molecule has 98 valence electrons. The molecule has 19 heavy (non-hydrogen) atoms. The Kier molecular flexibility index (Phi) is 2.62. The van der Waals surface area contributed by atoms with Crippen molar-refractivity contribution in [1.29, 1.82) is 0 Å². The highest BCUT2D eigenvalue weighted by Crippen LogP contribution is 2.16. The van der Waals surface area contributed by atoms with Crippen LogP contribution in [0.1, 0.15) is 18.7 Å². The van der Waals surface area contributed by atoms with E-state index in [1.165, 1.54) is 0 Å². The molecule has 2 aromatic heterocycles. The number of carbonyl (C=O) groups is 2. The lowest BCUT2D eigenvalue weighted by Gasteiger charge is -2.22. The number of fused-ring (bicyclic) bond motifs is 1. The number of hydrogen-bond donors (Lipinski definition) is 2. The Hall–Kier alpha value is -2.51. The van der Waals surface area contributed by atoms with Crippen LogP contribution in [0.25, 0.3) is 5.65 Å². The van der Waals surface area contributed by atoms with Gasteiger partial charge in [-0.3, -0.25) is 19.3 Å². The van der Waals surface area contributed by atoms with Crippen LogP contribution in [0.3, 0.4) is 0 Å². The molecule has 0 radical (unpaired) electrons. The molecule has 1 atom stereocenters. The second-order valence-corrected chi connectivity index (χ2v) is 4.36. The van der Waals surface area contributed by atoms with Crippen molar-refractivity contribution in [2.24, 2.45) is 0 Å². The van der Waals surface area contributed by atoms with E-state index in [-0.39, 0.29) is 11.8 Å². The summed E-state index contributed by atoms with van der Waals surface area (Å²) in [5, 5.41) is 13.3. The van der Waals surface area contributed by atoms with Gasteiger partial charge in [-0.15, -0.1) is 10.2 Å². The van der Waals surface area contributed by atoms with Crippen LogP contribution >= 0.6 is 0 Å². The van der Waals surface area contributed by atoms with E-state index in [0.29, 0.717) is 24.3 Å². The van der Waals surface area contributed by atoms with Gasteiger partial charge in [0.2, 0.25) is 17.5 Å². The zero-order valence-corrected chi connectivity index (χ0v) is 10.3. The first kappa shape index (κ1) is 11.6. The van der Waals surface area contributed by atoms with Crippen LogP contribution in [0.4, 0.5) is 5.82 Å². The highest BCUT2D eigenvalue weighted by atomic mass is 16.2. The van der Waals surface area contributed by atoms with Crippen LogP contribution in [0.5, 0.6) is 0 Å². The topological polar surface area (TPSA) is 101 Å². The highest BCUT2D eigenvalue weighted by molar-refractivity contribution is 6.01. The predicted octanol–water partition coefficient (Wildman–Crippen LogP) is -0.350. The monoisotopic (exact) mass is 260 g/mol. The lowest BCUT2D eigenvalue weighted by Crippen LogP contribution is -2.47. The van der Waals surface area contributed by atoms with Crippen LogP contribution in [-0.4, -0.2) is 37.4 Å². The third-order valence-electron chi connectivity index (χ3n) is 3.05. The van der Waals surface area contributed by atoms with E-state index in [2.05, 4.69) is 25.8 Å². The first-order valence-electron chi connectivity index (χ1n) is 5.92. The second kappa shape index (κ2) is 4.30. The van der Waals surface area contributed by atoms with Crippen molar-refractivity contribution in [3.05, 3.63) is 18.2 Å². The van der Waals surface area contributed by atoms with Crippen molar-refractivity contribution in [1.82, 2.24) is 24.9 Å². The Labute approximate surface area is 108 Å². The van der Waals surface area contributed by atoms with E-state index < -0.39 is 6.04 Å². The molecule has 3 rings (SSSR count). The van der Waals surface area contributed by atoms with Gasteiger partial charge >= 0.3 is 0 Å². The molecule has 2 N–H and O–H groups in total. The molecule has 1 fully saturated rings. The normalized spacial score (nSPS) is 19.5. The molecule has 1 unspecified atom stereocenters. The number of imide groups is 1. The molecule has 0 bridgehead atoms. The number of rotatable bonds is 2. The molecule has 0 spiro atoms. The molecule has 1 saturated heterocycles. The standard InChI is InChI=1S/C11H12N6O2/c1-6-15-16-10-9(12-4-5-17(6)10)13-7-2-3-8(18)14-11(7)19/h4-5,7H,2-3H2,1H3,(H,12,13)(H,14,18,19). The summed E-state index contributed by atoms with van der Waals surface area (Å²) in [7, 11) is 0. The maximum Gasteiger partial charge on any atom is 0.249 e. The van der Waals surface area contributed by atoms with Crippen molar-refractivity contribution in [2.45, 2.75) is 25.8 Å². The van der Waals surface area contributed by atoms with Crippen LogP contribution in [0.2, 0.25) is 0 Å². The molecule has 0 aromatic carbocycles. The SMILES string of the molecule is Cc1nnc2c(NC3CCC(=O)NC3=O)nccn12. The van der Waals surface area contributed by atoms with Crippen LogP contribution in [0, 0.1) is 6.92 Å². The van der Waals surface area contributed by atoms with Gasteiger partial charge in [0.15, 0.2) is 5.82 Å². The van der Waals surface area contributed by atoms with E-state index >= 15 is 0 Å². The first-order valence-corrected chi connectivity index (χ1v) is 5.92. The van der Waals surface area contributed by atoms with Crippen molar-refractivity contribution in [2.75, 3.05) is 5.32 Å². The quantitative estimate of drug-likeness (QED) is 0.716. The van der Waals surface area contributed by atoms with Gasteiger partial charge in [0.05, 0.1) is 0 Å². The molecule has 8 heteroatoms. The number of aromatic nitrogens is 4. The number of carbonyl (C=O) groups excluding carboxylic acids is 2. The number of amides is 2. The number of piperidine rings is 1. The van der Waals surface area contributed by atoms with E-state index in [9.17, 15) is 9.59 Å². The van der Waals surface area contributed by atoms with E-state index in [1.54, 1.807) is 16.8 Å². The molecule has 2 aromatic rings. The van der Waals surface area contributed by atoms with Crippen LogP contribution in [0.15, 0.2) is 12.4 Å². The Balaban J connectivity index is 1.89. The highest BCUT2D eigenvalue weighted by Gasteiger charge is 2.27. The average Bonchev–Trinajstić information content (AvgIpc) is 2.76. The van der Waals surface area contributed by atoms with Gasteiger partial charge in [0, 0.05) is 18.8 Å². The summed E-state index contributed by atoms with van der Waals surface area (Å²) < 4.78 is 1.78. The van der Waals surface area contributed by atoms with Gasteiger partial charge in [0.25, 0.3) is 0 Å². The Bertz CT molecular complexity index is 664. The average molecular weight is 260 g/mol. The van der Waals surface area contributed by atoms with Crippen molar-refractivity contribution in [3.63, 3.8) is 0 Å². The lowest BCUT2D eigenvalue weighted by molar-refractivity contribution is -0.133. The predicted molar refractivity (Wildman–Crippen MR) is 65.3 cm³/mol. The number of aryl methyl sites for hydroxylation is 1. The van der Waals surface area contributed by atoms with Gasteiger partial charge in [-0.1, -0.05) is 0 Å². The zero-order chi connectivity index (χ0) is 13.4. The van der Waals surface area contributed by atoms with E-state index in [4.69, 9.17) is 0 Å². The summed E-state index contributed by atoms with van der Waals surface area (Å²) >= 11 is 0. The van der Waals surface area contributed by atoms with Gasteiger partial charge in [-0.2, -0.15) is 0 Å². The van der Waals surface area contributed by atoms with Crippen molar-refractivity contribution < 1.29 is 9.59 Å². The van der Waals surface area contributed by atoms with Gasteiger partial charge < -0.3 is 5.32 Å². The number of hydrogen-bond acceptors (Lipinski definition) is 6. The van der Waals surface area contributed by atoms with E-state index in [1.807, 2.05) is 6.92 Å². The summed E-state index contributed by atoms with van der Waals surface area (Å²) in [4.78, 5) is 26.9. The second-order valence-electron chi connectivity index (χ2n) is 4.36. The van der Waals surface area contributed by atoms with Gasteiger partial charge in [0.1, 0.15) is 11.9 Å². The minimum Gasteiger partial charge on any atom is -0.355 e.